The molecule has 1 fully saturated rings. The smallest absolute Gasteiger partial charge is 0.327 e. The molecule has 0 saturated carbocycles. The first kappa shape index (κ1) is 19.8. The minimum Gasteiger partial charge on any atom is -0.480 e. The normalized spacial score (nSPS) is 18.9. The molecule has 3 rings (SSSR count). The summed E-state index contributed by atoms with van der Waals surface area (Å²) in [5, 5.41) is 9.10. The Kier molecular flexibility index (Phi) is 5.62. The zero-order valence-corrected chi connectivity index (χ0v) is 15.4. The second kappa shape index (κ2) is 7.95. The molecule has 8 nitrogen and oxygen atoms in total. The van der Waals surface area contributed by atoms with Crippen molar-refractivity contribution in [3.05, 3.63) is 59.4 Å². The van der Waals surface area contributed by atoms with Crippen molar-refractivity contribution in [2.75, 3.05) is 6.26 Å². The molecule has 28 heavy (non-hydrogen) atoms. The van der Waals surface area contributed by atoms with Crippen molar-refractivity contribution in [1.82, 2.24) is 16.4 Å². The lowest BCUT2D eigenvalue weighted by Gasteiger charge is -2.16. The fourth-order valence-corrected chi connectivity index (χ4v) is 3.01. The lowest BCUT2D eigenvalue weighted by Crippen LogP contribution is -2.44. The van der Waals surface area contributed by atoms with Gasteiger partial charge in [-0.3, -0.25) is 4.79 Å². The predicted molar refractivity (Wildman–Crippen MR) is 97.2 cm³/mol. The van der Waals surface area contributed by atoms with E-state index in [-0.39, 0.29) is 16.2 Å². The van der Waals surface area contributed by atoms with Crippen LogP contribution >= 0.6 is 0 Å². The molecular formula is C18H16FN3O5S. The van der Waals surface area contributed by atoms with Crippen molar-refractivity contribution in [2.45, 2.75) is 17.2 Å². The highest BCUT2D eigenvalue weighted by molar-refractivity contribution is 7.90. The first-order valence-electron chi connectivity index (χ1n) is 8.01. The molecule has 0 radical (unpaired) electrons. The highest BCUT2D eigenvalue weighted by Gasteiger charge is 2.34. The van der Waals surface area contributed by atoms with Gasteiger partial charge in [0.15, 0.2) is 22.1 Å². The largest absolute Gasteiger partial charge is 0.480 e. The second-order valence-electron chi connectivity index (χ2n) is 5.96. The fraction of sp³-hybridized carbons (Fsp3) is 0.167. The van der Waals surface area contributed by atoms with Gasteiger partial charge in [0.1, 0.15) is 11.6 Å². The molecule has 146 valence electrons. The van der Waals surface area contributed by atoms with E-state index < -0.39 is 33.9 Å². The molecule has 0 aliphatic carbocycles. The number of aliphatic carboxylic acids is 1. The number of ether oxygens (including phenoxy) is 1. The van der Waals surface area contributed by atoms with E-state index in [1.807, 2.05) is 0 Å². The van der Waals surface area contributed by atoms with Gasteiger partial charge in [-0.1, -0.05) is 11.8 Å². The van der Waals surface area contributed by atoms with Gasteiger partial charge in [-0.25, -0.2) is 23.7 Å². The minimum atomic E-state index is -3.30. The number of rotatable bonds is 4. The van der Waals surface area contributed by atoms with Crippen molar-refractivity contribution < 1.29 is 27.4 Å². The van der Waals surface area contributed by atoms with Crippen molar-refractivity contribution in [3.8, 4) is 17.6 Å². The summed E-state index contributed by atoms with van der Waals surface area (Å²) in [6, 6.07) is 8.75. The van der Waals surface area contributed by atoms with Gasteiger partial charge in [0.2, 0.25) is 0 Å². The number of hydrogen-bond donors (Lipinski definition) is 4. The number of carboxylic acids is 1. The molecule has 0 amide bonds. The fourth-order valence-electron chi connectivity index (χ4n) is 2.38. The number of hydrazine groups is 2. The number of benzene rings is 2. The van der Waals surface area contributed by atoms with E-state index in [1.165, 1.54) is 36.4 Å². The van der Waals surface area contributed by atoms with Crippen molar-refractivity contribution >= 4 is 15.8 Å². The molecule has 2 atom stereocenters. The van der Waals surface area contributed by atoms with E-state index in [0.717, 1.165) is 12.3 Å². The molecule has 0 spiro atoms. The third kappa shape index (κ3) is 4.65. The van der Waals surface area contributed by atoms with E-state index in [2.05, 4.69) is 28.2 Å². The third-order valence-corrected chi connectivity index (χ3v) is 4.96. The summed E-state index contributed by atoms with van der Waals surface area (Å²) < 4.78 is 42.5. The maximum Gasteiger partial charge on any atom is 0.327 e. The molecule has 1 saturated heterocycles. The van der Waals surface area contributed by atoms with Crippen LogP contribution in [0.2, 0.25) is 0 Å². The number of carboxylic acid groups (broad SMARTS) is 1. The third-order valence-electron chi connectivity index (χ3n) is 3.84. The Labute approximate surface area is 160 Å². The van der Waals surface area contributed by atoms with E-state index in [0.29, 0.717) is 5.56 Å². The van der Waals surface area contributed by atoms with Crippen LogP contribution in [0.15, 0.2) is 47.4 Å². The molecule has 1 aliphatic rings. The Balaban J connectivity index is 1.79. The average molecular weight is 405 g/mol. The Hall–Kier alpha value is -2.97. The van der Waals surface area contributed by atoms with Gasteiger partial charge in [0.05, 0.1) is 10.5 Å². The molecular weight excluding hydrogens is 389 g/mol. The molecule has 1 heterocycles. The number of halogens is 1. The van der Waals surface area contributed by atoms with Crippen LogP contribution in [0.5, 0.6) is 5.75 Å². The summed E-state index contributed by atoms with van der Waals surface area (Å²) in [6.45, 7) is 0. The van der Waals surface area contributed by atoms with Crippen LogP contribution in [0, 0.1) is 17.7 Å². The lowest BCUT2D eigenvalue weighted by atomic mass is 10.1. The topological polar surface area (TPSA) is 117 Å². The number of sulfone groups is 1. The Morgan fingerprint density at radius 1 is 1.14 bits per heavy atom. The van der Waals surface area contributed by atoms with E-state index in [1.54, 1.807) is 0 Å². The van der Waals surface area contributed by atoms with Crippen molar-refractivity contribution in [3.63, 3.8) is 0 Å². The lowest BCUT2D eigenvalue weighted by molar-refractivity contribution is -0.141. The number of carbonyl (C=O) groups is 1. The maximum absolute atomic E-state index is 14.0. The molecule has 2 aromatic carbocycles. The molecule has 4 N–H and O–H groups in total. The molecule has 1 aliphatic heterocycles. The zero-order chi connectivity index (χ0) is 20.3. The Morgan fingerprint density at radius 2 is 1.86 bits per heavy atom. The van der Waals surface area contributed by atoms with Crippen molar-refractivity contribution in [2.24, 2.45) is 0 Å². The van der Waals surface area contributed by atoms with Crippen molar-refractivity contribution in [1.29, 1.82) is 0 Å². The van der Waals surface area contributed by atoms with Gasteiger partial charge in [-0.2, -0.15) is 5.53 Å². The molecule has 0 aromatic heterocycles. The summed E-state index contributed by atoms with van der Waals surface area (Å²) >= 11 is 0. The molecule has 2 aromatic rings. The monoisotopic (exact) mass is 405 g/mol. The van der Waals surface area contributed by atoms with Crippen LogP contribution in [-0.2, 0) is 14.6 Å². The van der Waals surface area contributed by atoms with Gasteiger partial charge >= 0.3 is 5.97 Å². The highest BCUT2D eigenvalue weighted by atomic mass is 32.2. The highest BCUT2D eigenvalue weighted by Crippen LogP contribution is 2.19. The van der Waals surface area contributed by atoms with Gasteiger partial charge in [-0.05, 0) is 42.5 Å². The van der Waals surface area contributed by atoms with Gasteiger partial charge < -0.3 is 9.84 Å². The quantitative estimate of drug-likeness (QED) is 0.540. The average Bonchev–Trinajstić information content (AvgIpc) is 3.10. The van der Waals surface area contributed by atoms with Gasteiger partial charge in [0, 0.05) is 11.8 Å². The molecule has 0 bridgehead atoms. The SMILES string of the molecule is CS(=O)(=O)c1ccc(C#Cc2cc(OC3NNNC3C(=O)O)ccc2F)cc1. The summed E-state index contributed by atoms with van der Waals surface area (Å²) in [6.07, 6.45) is 0.195. The summed E-state index contributed by atoms with van der Waals surface area (Å²) in [7, 11) is -3.30. The van der Waals surface area contributed by atoms with E-state index in [4.69, 9.17) is 9.84 Å². The van der Waals surface area contributed by atoms with Crippen LogP contribution in [0.1, 0.15) is 11.1 Å². The second-order valence-corrected chi connectivity index (χ2v) is 7.97. The van der Waals surface area contributed by atoms with Gasteiger partial charge in [0.25, 0.3) is 0 Å². The van der Waals surface area contributed by atoms with Crippen LogP contribution in [0.25, 0.3) is 0 Å². The van der Waals surface area contributed by atoms with Gasteiger partial charge in [-0.15, -0.1) is 0 Å². The standard InChI is InChI=1S/C18H16FN3O5S/c1-28(25,26)14-7-3-11(4-8-14)2-5-12-10-13(6-9-15(12)19)27-17-16(18(23)24)20-22-21-17/h3-4,6-10,16-17,20-22H,1H3,(H,23,24). The van der Waals surface area contributed by atoms with E-state index in [9.17, 15) is 17.6 Å². The van der Waals surface area contributed by atoms with Crippen LogP contribution in [-0.4, -0.2) is 38.0 Å². The zero-order valence-electron chi connectivity index (χ0n) is 14.6. The molecule has 10 heteroatoms. The molecule has 2 unspecified atom stereocenters. The minimum absolute atomic E-state index is 0.0514. The first-order valence-corrected chi connectivity index (χ1v) is 9.90. The van der Waals surface area contributed by atoms with Crippen LogP contribution < -0.4 is 21.1 Å². The first-order chi connectivity index (χ1) is 13.2. The maximum atomic E-state index is 14.0. The Morgan fingerprint density at radius 3 is 2.50 bits per heavy atom. The van der Waals surface area contributed by atoms with Crippen LogP contribution in [0.3, 0.4) is 0 Å². The number of hydrogen-bond acceptors (Lipinski definition) is 7. The summed E-state index contributed by atoms with van der Waals surface area (Å²) in [5.41, 5.74) is 8.11. The summed E-state index contributed by atoms with van der Waals surface area (Å²) in [5.74, 6) is 3.95. The summed E-state index contributed by atoms with van der Waals surface area (Å²) in [4.78, 5) is 11.3. The Bertz CT molecular complexity index is 1060. The number of nitrogens with one attached hydrogen (secondary N) is 3. The van der Waals surface area contributed by atoms with E-state index >= 15 is 0 Å². The van der Waals surface area contributed by atoms with Crippen LogP contribution in [0.4, 0.5) is 4.39 Å². The predicted octanol–water partition coefficient (Wildman–Crippen LogP) is 0.400.